The van der Waals surface area contributed by atoms with Gasteiger partial charge in [-0.1, -0.05) is 36.8 Å². The van der Waals surface area contributed by atoms with Crippen molar-refractivity contribution in [3.8, 4) is 6.19 Å². The summed E-state index contributed by atoms with van der Waals surface area (Å²) in [6.07, 6.45) is 3.22. The molecule has 0 aliphatic carbocycles. The summed E-state index contributed by atoms with van der Waals surface area (Å²) in [6, 6.07) is 8.29. The molecule has 0 atom stereocenters. The maximum absolute atomic E-state index is 8.86. The van der Waals surface area contributed by atoms with Gasteiger partial charge in [-0.25, -0.2) is 0 Å². The molecule has 1 aromatic rings. The lowest BCUT2D eigenvalue weighted by Gasteiger charge is -2.14. The fourth-order valence-electron chi connectivity index (χ4n) is 1.47. The summed E-state index contributed by atoms with van der Waals surface area (Å²) in [5.74, 6) is 0. The van der Waals surface area contributed by atoms with Gasteiger partial charge in [0.1, 0.15) is 0 Å². The van der Waals surface area contributed by atoms with Crippen molar-refractivity contribution in [1.29, 1.82) is 5.26 Å². The second-order valence-corrected chi connectivity index (χ2v) is 3.51. The molecule has 1 rings (SSSR count). The molecule has 0 saturated carbocycles. The predicted octanol–water partition coefficient (Wildman–Crippen LogP) is 2.69. The Hall–Kier alpha value is -1.49. The van der Waals surface area contributed by atoms with E-state index in [1.807, 2.05) is 6.07 Å². The van der Waals surface area contributed by atoms with E-state index < -0.39 is 0 Å². The lowest BCUT2D eigenvalue weighted by Crippen LogP contribution is -2.17. The first kappa shape index (κ1) is 10.6. The molecule has 0 N–H and O–H groups in total. The number of hydrogen-bond donors (Lipinski definition) is 0. The predicted molar refractivity (Wildman–Crippen MR) is 57.5 cm³/mol. The van der Waals surface area contributed by atoms with Gasteiger partial charge in [-0.3, -0.25) is 0 Å². The van der Waals surface area contributed by atoms with Gasteiger partial charge < -0.3 is 4.90 Å². The summed E-state index contributed by atoms with van der Waals surface area (Å²) < 4.78 is 0. The highest BCUT2D eigenvalue weighted by atomic mass is 15.1. The zero-order valence-electron chi connectivity index (χ0n) is 8.83. The molecule has 0 radical (unpaired) electrons. The van der Waals surface area contributed by atoms with E-state index >= 15 is 0 Å². The summed E-state index contributed by atoms with van der Waals surface area (Å²) in [5, 5.41) is 8.86. The zero-order chi connectivity index (χ0) is 10.4. The minimum absolute atomic E-state index is 0.728. The average molecular weight is 188 g/mol. The molecule has 0 saturated heterocycles. The van der Waals surface area contributed by atoms with Gasteiger partial charge in [-0.2, -0.15) is 5.26 Å². The van der Waals surface area contributed by atoms with Crippen LogP contribution in [0.2, 0.25) is 0 Å². The van der Waals surface area contributed by atoms with Crippen molar-refractivity contribution >= 4 is 0 Å². The minimum Gasteiger partial charge on any atom is -0.306 e. The summed E-state index contributed by atoms with van der Waals surface area (Å²) in [7, 11) is 0. The molecule has 1 aromatic carbocycles. The monoisotopic (exact) mass is 188 g/mol. The first-order valence-corrected chi connectivity index (χ1v) is 4.96. The third-order valence-electron chi connectivity index (χ3n) is 2.09. The van der Waals surface area contributed by atoms with Gasteiger partial charge >= 0.3 is 0 Å². The van der Waals surface area contributed by atoms with E-state index in [0.29, 0.717) is 0 Å². The summed E-state index contributed by atoms with van der Waals surface area (Å²) >= 11 is 0. The number of rotatable bonds is 4. The van der Waals surface area contributed by atoms with Crippen LogP contribution in [-0.4, -0.2) is 11.4 Å². The van der Waals surface area contributed by atoms with Crippen LogP contribution in [0.25, 0.3) is 0 Å². The molecule has 0 spiro atoms. The molecule has 2 nitrogen and oxygen atoms in total. The number of hydrogen-bond acceptors (Lipinski definition) is 2. The maximum atomic E-state index is 8.86. The van der Waals surface area contributed by atoms with Crippen molar-refractivity contribution in [3.63, 3.8) is 0 Å². The normalized spacial score (nSPS) is 9.50. The van der Waals surface area contributed by atoms with Crippen LogP contribution in [0.4, 0.5) is 0 Å². The van der Waals surface area contributed by atoms with E-state index in [9.17, 15) is 0 Å². The smallest absolute Gasteiger partial charge is 0.179 e. The van der Waals surface area contributed by atoms with Crippen LogP contribution in [0.15, 0.2) is 24.3 Å². The largest absolute Gasteiger partial charge is 0.306 e. The zero-order valence-corrected chi connectivity index (χ0v) is 8.83. The molecule has 0 aliphatic heterocycles. The number of nitriles is 1. The van der Waals surface area contributed by atoms with E-state index in [4.69, 9.17) is 5.26 Å². The van der Waals surface area contributed by atoms with Gasteiger partial charge in [0, 0.05) is 6.54 Å². The lowest BCUT2D eigenvalue weighted by atomic mass is 10.1. The van der Waals surface area contributed by atoms with Gasteiger partial charge in [0.25, 0.3) is 0 Å². The van der Waals surface area contributed by atoms with E-state index in [1.165, 1.54) is 11.1 Å². The van der Waals surface area contributed by atoms with Crippen LogP contribution in [0.1, 0.15) is 24.5 Å². The van der Waals surface area contributed by atoms with E-state index in [2.05, 4.69) is 38.2 Å². The fourth-order valence-corrected chi connectivity index (χ4v) is 1.47. The van der Waals surface area contributed by atoms with Crippen LogP contribution in [0, 0.1) is 18.4 Å². The summed E-state index contributed by atoms with van der Waals surface area (Å²) in [6.45, 7) is 5.72. The van der Waals surface area contributed by atoms with Gasteiger partial charge in [-0.05, 0) is 18.9 Å². The average Bonchev–Trinajstić information content (AvgIpc) is 2.17. The molecule has 0 bridgehead atoms. The second kappa shape index (κ2) is 5.29. The van der Waals surface area contributed by atoms with Crippen LogP contribution in [-0.2, 0) is 6.54 Å². The van der Waals surface area contributed by atoms with Gasteiger partial charge in [-0.15, -0.1) is 0 Å². The Balaban J connectivity index is 2.63. The van der Waals surface area contributed by atoms with Crippen molar-refractivity contribution in [1.82, 2.24) is 4.90 Å². The van der Waals surface area contributed by atoms with Gasteiger partial charge in [0.2, 0.25) is 0 Å². The van der Waals surface area contributed by atoms with Crippen molar-refractivity contribution in [2.24, 2.45) is 0 Å². The minimum atomic E-state index is 0.728. The van der Waals surface area contributed by atoms with Crippen LogP contribution >= 0.6 is 0 Å². The topological polar surface area (TPSA) is 27.0 Å². The molecule has 2 heteroatoms. The molecular weight excluding hydrogens is 172 g/mol. The van der Waals surface area contributed by atoms with E-state index in [-0.39, 0.29) is 0 Å². The molecule has 0 fully saturated rings. The standard InChI is InChI=1S/C12H16N2/c1-3-7-14(10-13)9-12-6-4-5-11(2)8-12/h4-6,8H,3,7,9H2,1-2H3. The Kier molecular flexibility index (Phi) is 4.00. The van der Waals surface area contributed by atoms with Crippen molar-refractivity contribution in [3.05, 3.63) is 35.4 Å². The van der Waals surface area contributed by atoms with E-state index in [1.54, 1.807) is 4.90 Å². The Labute approximate surface area is 85.8 Å². The van der Waals surface area contributed by atoms with Crippen LogP contribution in [0.5, 0.6) is 0 Å². The second-order valence-electron chi connectivity index (χ2n) is 3.51. The molecule has 0 aromatic heterocycles. The Morgan fingerprint density at radius 3 is 2.79 bits per heavy atom. The number of aryl methyl sites for hydroxylation is 1. The van der Waals surface area contributed by atoms with Crippen LogP contribution in [0.3, 0.4) is 0 Å². The van der Waals surface area contributed by atoms with E-state index in [0.717, 1.165) is 19.5 Å². The lowest BCUT2D eigenvalue weighted by molar-refractivity contribution is 0.385. The SMILES string of the molecule is CCCN(C#N)Cc1cccc(C)c1. The molecule has 74 valence electrons. The Morgan fingerprint density at radius 1 is 1.43 bits per heavy atom. The van der Waals surface area contributed by atoms with Gasteiger partial charge in [0.05, 0.1) is 6.54 Å². The maximum Gasteiger partial charge on any atom is 0.179 e. The Morgan fingerprint density at radius 2 is 2.21 bits per heavy atom. The molecule has 0 unspecified atom stereocenters. The summed E-state index contributed by atoms with van der Waals surface area (Å²) in [5.41, 5.74) is 2.46. The highest BCUT2D eigenvalue weighted by molar-refractivity contribution is 5.22. The van der Waals surface area contributed by atoms with Crippen molar-refractivity contribution in [2.75, 3.05) is 6.54 Å². The first-order chi connectivity index (χ1) is 6.76. The number of nitrogens with zero attached hydrogens (tertiary/aromatic N) is 2. The molecule has 0 aliphatic rings. The first-order valence-electron chi connectivity index (χ1n) is 4.96. The third-order valence-corrected chi connectivity index (χ3v) is 2.09. The number of benzene rings is 1. The fraction of sp³-hybridized carbons (Fsp3) is 0.417. The third kappa shape index (κ3) is 3.10. The van der Waals surface area contributed by atoms with Crippen LogP contribution < -0.4 is 0 Å². The quantitative estimate of drug-likeness (QED) is 0.536. The van der Waals surface area contributed by atoms with Gasteiger partial charge in [0.15, 0.2) is 6.19 Å². The highest BCUT2D eigenvalue weighted by Gasteiger charge is 2.01. The Bertz CT molecular complexity index is 325. The molecule has 14 heavy (non-hydrogen) atoms. The van der Waals surface area contributed by atoms with Crippen molar-refractivity contribution < 1.29 is 0 Å². The highest BCUT2D eigenvalue weighted by Crippen LogP contribution is 2.07. The summed E-state index contributed by atoms with van der Waals surface area (Å²) in [4.78, 5) is 1.79. The molecule has 0 amide bonds. The molecule has 0 heterocycles. The van der Waals surface area contributed by atoms with Crippen molar-refractivity contribution in [2.45, 2.75) is 26.8 Å². The molecular formula is C12H16N2.